The number of hydrogen-bond donors (Lipinski definition) is 1. The van der Waals surface area contributed by atoms with Gasteiger partial charge < -0.3 is 19.7 Å². The van der Waals surface area contributed by atoms with E-state index in [0.717, 1.165) is 12.1 Å². The van der Waals surface area contributed by atoms with Crippen molar-refractivity contribution in [3.8, 4) is 11.5 Å². The lowest BCUT2D eigenvalue weighted by molar-refractivity contribution is -0.274. The highest BCUT2D eigenvalue weighted by Gasteiger charge is 2.31. The summed E-state index contributed by atoms with van der Waals surface area (Å²) in [6, 6.07) is 11.3. The van der Waals surface area contributed by atoms with Gasteiger partial charge in [0.25, 0.3) is 5.91 Å². The lowest BCUT2D eigenvalue weighted by atomic mass is 10.2. The highest BCUT2D eigenvalue weighted by Crippen LogP contribution is 2.24. The summed E-state index contributed by atoms with van der Waals surface area (Å²) in [6.07, 6.45) is -4.81. The molecule has 0 saturated carbocycles. The summed E-state index contributed by atoms with van der Waals surface area (Å²) in [6.45, 7) is 1.70. The smallest absolute Gasteiger partial charge is 0.495 e. The Morgan fingerprint density at radius 2 is 1.71 bits per heavy atom. The number of amides is 2. The first-order valence-electron chi connectivity index (χ1n) is 8.31. The van der Waals surface area contributed by atoms with Crippen LogP contribution in [0.1, 0.15) is 17.3 Å². The van der Waals surface area contributed by atoms with Gasteiger partial charge in [-0.1, -0.05) is 12.1 Å². The van der Waals surface area contributed by atoms with E-state index < -0.39 is 23.9 Å². The lowest BCUT2D eigenvalue weighted by Crippen LogP contribution is -2.37. The molecule has 0 aliphatic carbocycles. The molecule has 0 aliphatic rings. The van der Waals surface area contributed by atoms with Crippen LogP contribution >= 0.6 is 0 Å². The van der Waals surface area contributed by atoms with E-state index in [2.05, 4.69) is 10.1 Å². The number of carbonyl (C=O) groups excluding carboxylic acids is 2. The molecule has 0 aromatic heterocycles. The first kappa shape index (κ1) is 21.1. The zero-order chi connectivity index (χ0) is 20.7. The van der Waals surface area contributed by atoms with Crippen LogP contribution in [0.2, 0.25) is 0 Å². The number of alkyl halides is 3. The van der Waals surface area contributed by atoms with Crippen molar-refractivity contribution in [2.24, 2.45) is 0 Å². The van der Waals surface area contributed by atoms with E-state index in [1.165, 1.54) is 24.1 Å². The van der Waals surface area contributed by atoms with E-state index in [4.69, 9.17) is 4.74 Å². The van der Waals surface area contributed by atoms with Crippen LogP contribution in [0.3, 0.4) is 0 Å². The Balaban J connectivity index is 2.03. The Morgan fingerprint density at radius 1 is 1.07 bits per heavy atom. The molecule has 1 N–H and O–H groups in total. The standard InChI is InChI=1S/C19H19F3N2O4/c1-3-24(12-17(25)23-15-6-4-5-7-16(15)27-2)18(26)13-8-10-14(11-9-13)28-19(20,21)22/h4-11H,3,12H2,1-2H3,(H,23,25). The number of benzene rings is 2. The van der Waals surface area contributed by atoms with Crippen molar-refractivity contribution >= 4 is 17.5 Å². The van der Waals surface area contributed by atoms with Gasteiger partial charge in [-0.05, 0) is 43.3 Å². The lowest BCUT2D eigenvalue weighted by Gasteiger charge is -2.21. The van der Waals surface area contributed by atoms with Gasteiger partial charge >= 0.3 is 6.36 Å². The summed E-state index contributed by atoms with van der Waals surface area (Å²) in [5, 5.41) is 2.66. The van der Waals surface area contributed by atoms with Crippen LogP contribution < -0.4 is 14.8 Å². The Bertz CT molecular complexity index is 823. The van der Waals surface area contributed by atoms with Crippen molar-refractivity contribution in [3.63, 3.8) is 0 Å². The maximum atomic E-state index is 12.5. The third-order valence-corrected chi connectivity index (χ3v) is 3.72. The summed E-state index contributed by atoms with van der Waals surface area (Å²) in [5.41, 5.74) is 0.605. The molecule has 0 aliphatic heterocycles. The first-order valence-corrected chi connectivity index (χ1v) is 8.31. The number of para-hydroxylation sites is 2. The average Bonchev–Trinajstić information content (AvgIpc) is 2.65. The molecule has 9 heteroatoms. The Hall–Kier alpha value is -3.23. The van der Waals surface area contributed by atoms with Crippen molar-refractivity contribution in [1.82, 2.24) is 4.90 Å². The van der Waals surface area contributed by atoms with Gasteiger partial charge in [0.1, 0.15) is 18.0 Å². The van der Waals surface area contributed by atoms with Crippen LogP contribution in [0, 0.1) is 0 Å². The van der Waals surface area contributed by atoms with Crippen molar-refractivity contribution in [1.29, 1.82) is 0 Å². The van der Waals surface area contributed by atoms with E-state index in [1.54, 1.807) is 31.2 Å². The number of nitrogens with zero attached hydrogens (tertiary/aromatic N) is 1. The molecule has 6 nitrogen and oxygen atoms in total. The number of ether oxygens (including phenoxy) is 2. The number of hydrogen-bond acceptors (Lipinski definition) is 4. The quantitative estimate of drug-likeness (QED) is 0.775. The van der Waals surface area contributed by atoms with Crippen LogP contribution in [-0.4, -0.2) is 43.3 Å². The van der Waals surface area contributed by atoms with Gasteiger partial charge in [0.15, 0.2) is 0 Å². The van der Waals surface area contributed by atoms with Crippen LogP contribution in [-0.2, 0) is 4.79 Å². The van der Waals surface area contributed by atoms with Crippen LogP contribution in [0.25, 0.3) is 0 Å². The van der Waals surface area contributed by atoms with Crippen molar-refractivity contribution in [3.05, 3.63) is 54.1 Å². The number of anilines is 1. The van der Waals surface area contributed by atoms with E-state index >= 15 is 0 Å². The third-order valence-electron chi connectivity index (χ3n) is 3.72. The number of rotatable bonds is 7. The zero-order valence-electron chi connectivity index (χ0n) is 15.2. The minimum absolute atomic E-state index is 0.140. The molecule has 0 heterocycles. The van der Waals surface area contributed by atoms with Gasteiger partial charge in [-0.25, -0.2) is 0 Å². The van der Waals surface area contributed by atoms with Crippen LogP contribution in [0.4, 0.5) is 18.9 Å². The molecule has 0 bridgehead atoms. The number of halogens is 3. The second-order valence-electron chi connectivity index (χ2n) is 5.64. The number of carbonyl (C=O) groups is 2. The molecule has 28 heavy (non-hydrogen) atoms. The minimum atomic E-state index is -4.81. The first-order chi connectivity index (χ1) is 13.2. The largest absolute Gasteiger partial charge is 0.573 e. The number of likely N-dealkylation sites (N-methyl/N-ethyl adjacent to an activating group) is 1. The summed E-state index contributed by atoms with van der Waals surface area (Å²) in [7, 11) is 1.47. The normalized spacial score (nSPS) is 10.9. The highest BCUT2D eigenvalue weighted by molar-refractivity contribution is 5.99. The molecule has 2 aromatic carbocycles. The summed E-state index contributed by atoms with van der Waals surface area (Å²) >= 11 is 0. The average molecular weight is 396 g/mol. The fraction of sp³-hybridized carbons (Fsp3) is 0.263. The van der Waals surface area contributed by atoms with Crippen LogP contribution in [0.15, 0.2) is 48.5 Å². The monoisotopic (exact) mass is 396 g/mol. The predicted octanol–water partition coefficient (Wildman–Crippen LogP) is 3.69. The topological polar surface area (TPSA) is 67.9 Å². The maximum absolute atomic E-state index is 12.5. The molecule has 2 aromatic rings. The minimum Gasteiger partial charge on any atom is -0.495 e. The Labute approximate surface area is 159 Å². The van der Waals surface area contributed by atoms with Gasteiger partial charge in [-0.2, -0.15) is 0 Å². The fourth-order valence-corrected chi connectivity index (χ4v) is 2.42. The van der Waals surface area contributed by atoms with E-state index in [9.17, 15) is 22.8 Å². The molecular weight excluding hydrogens is 377 g/mol. The fourth-order valence-electron chi connectivity index (χ4n) is 2.42. The van der Waals surface area contributed by atoms with Crippen molar-refractivity contribution < 1.29 is 32.2 Å². The van der Waals surface area contributed by atoms with Gasteiger partial charge in [0.05, 0.1) is 12.8 Å². The molecule has 150 valence electrons. The molecule has 0 unspecified atom stereocenters. The van der Waals surface area contributed by atoms with E-state index in [0.29, 0.717) is 11.4 Å². The van der Waals surface area contributed by atoms with Gasteiger partial charge in [0, 0.05) is 12.1 Å². The summed E-state index contributed by atoms with van der Waals surface area (Å²) < 4.78 is 45.6. The maximum Gasteiger partial charge on any atom is 0.573 e. The predicted molar refractivity (Wildman–Crippen MR) is 96.3 cm³/mol. The van der Waals surface area contributed by atoms with Gasteiger partial charge in [-0.3, -0.25) is 9.59 Å². The summed E-state index contributed by atoms with van der Waals surface area (Å²) in [5.74, 6) is -0.876. The van der Waals surface area contributed by atoms with E-state index in [1.807, 2.05) is 0 Å². The zero-order valence-corrected chi connectivity index (χ0v) is 15.2. The molecule has 0 radical (unpaired) electrons. The Kier molecular flexibility index (Phi) is 6.86. The molecular formula is C19H19F3N2O4. The highest BCUT2D eigenvalue weighted by atomic mass is 19.4. The Morgan fingerprint density at radius 3 is 2.29 bits per heavy atom. The molecule has 2 amide bonds. The molecule has 2 rings (SSSR count). The van der Waals surface area contributed by atoms with Crippen molar-refractivity contribution in [2.45, 2.75) is 13.3 Å². The SMILES string of the molecule is CCN(CC(=O)Nc1ccccc1OC)C(=O)c1ccc(OC(F)(F)F)cc1. The molecule has 0 saturated heterocycles. The summed E-state index contributed by atoms with van der Waals surface area (Å²) in [4.78, 5) is 26.1. The second-order valence-corrected chi connectivity index (χ2v) is 5.64. The number of nitrogens with one attached hydrogen (secondary N) is 1. The molecule has 0 spiro atoms. The van der Waals surface area contributed by atoms with Gasteiger partial charge in [-0.15, -0.1) is 13.2 Å². The second kappa shape index (κ2) is 9.12. The van der Waals surface area contributed by atoms with Crippen LogP contribution in [0.5, 0.6) is 11.5 Å². The van der Waals surface area contributed by atoms with Crippen molar-refractivity contribution in [2.75, 3.05) is 25.5 Å². The third kappa shape index (κ3) is 5.90. The van der Waals surface area contributed by atoms with E-state index in [-0.39, 0.29) is 18.7 Å². The molecule has 0 fully saturated rings. The number of methoxy groups -OCH3 is 1. The van der Waals surface area contributed by atoms with Gasteiger partial charge in [0.2, 0.25) is 5.91 Å². The molecule has 0 atom stereocenters.